The Kier molecular flexibility index (Phi) is 5.50. The minimum absolute atomic E-state index is 0.0857. The van der Waals surface area contributed by atoms with Crippen molar-refractivity contribution in [1.29, 1.82) is 0 Å². The quantitative estimate of drug-likeness (QED) is 0.806. The van der Waals surface area contributed by atoms with Gasteiger partial charge in [-0.3, -0.25) is 4.79 Å². The van der Waals surface area contributed by atoms with Crippen molar-refractivity contribution in [3.8, 4) is 0 Å². The van der Waals surface area contributed by atoms with Gasteiger partial charge >= 0.3 is 0 Å². The number of hydrogen-bond donors (Lipinski definition) is 1. The SMILES string of the molecule is CN(Cc1cc(Br)cs1)C(=O)Cc1ccc(C(N)=S)cc1. The van der Waals surface area contributed by atoms with Gasteiger partial charge in [-0.2, -0.15) is 0 Å². The van der Waals surface area contributed by atoms with E-state index >= 15 is 0 Å². The number of hydrogen-bond acceptors (Lipinski definition) is 3. The first-order chi connectivity index (χ1) is 9.95. The van der Waals surface area contributed by atoms with Gasteiger partial charge in [0, 0.05) is 27.3 Å². The van der Waals surface area contributed by atoms with E-state index in [2.05, 4.69) is 15.9 Å². The van der Waals surface area contributed by atoms with Crippen LogP contribution in [0.15, 0.2) is 40.2 Å². The van der Waals surface area contributed by atoms with Gasteiger partial charge in [-0.1, -0.05) is 36.5 Å². The molecule has 1 amide bonds. The van der Waals surface area contributed by atoms with Gasteiger partial charge in [0.05, 0.1) is 13.0 Å². The lowest BCUT2D eigenvalue weighted by molar-refractivity contribution is -0.129. The van der Waals surface area contributed by atoms with Gasteiger partial charge < -0.3 is 10.6 Å². The lowest BCUT2D eigenvalue weighted by Crippen LogP contribution is -2.27. The number of nitrogens with zero attached hydrogens (tertiary/aromatic N) is 1. The van der Waals surface area contributed by atoms with Gasteiger partial charge in [0.1, 0.15) is 4.99 Å². The van der Waals surface area contributed by atoms with Gasteiger partial charge in [-0.05, 0) is 27.6 Å². The molecule has 0 atom stereocenters. The molecule has 3 nitrogen and oxygen atoms in total. The standard InChI is InChI=1S/C15H15BrN2OS2/c1-18(8-13-7-12(16)9-21-13)14(19)6-10-2-4-11(5-3-10)15(17)20/h2-5,7,9H,6,8H2,1H3,(H2,17,20). The van der Waals surface area contributed by atoms with Crippen LogP contribution in [0.5, 0.6) is 0 Å². The molecule has 0 unspecified atom stereocenters. The second-order valence-corrected chi connectivity index (χ2v) is 7.07. The molecule has 0 aliphatic rings. The molecule has 1 heterocycles. The van der Waals surface area contributed by atoms with E-state index < -0.39 is 0 Å². The fourth-order valence-corrected chi connectivity index (χ4v) is 3.49. The summed E-state index contributed by atoms with van der Waals surface area (Å²) in [6.45, 7) is 0.625. The van der Waals surface area contributed by atoms with Crippen molar-refractivity contribution in [3.05, 3.63) is 56.2 Å². The fraction of sp³-hybridized carbons (Fsp3) is 0.200. The fourth-order valence-electron chi connectivity index (χ4n) is 1.86. The van der Waals surface area contributed by atoms with Gasteiger partial charge in [-0.15, -0.1) is 11.3 Å². The van der Waals surface area contributed by atoms with Crippen molar-refractivity contribution in [2.24, 2.45) is 5.73 Å². The van der Waals surface area contributed by atoms with Crippen molar-refractivity contribution < 1.29 is 4.79 Å². The van der Waals surface area contributed by atoms with Gasteiger partial charge in [0.2, 0.25) is 5.91 Å². The molecule has 0 saturated carbocycles. The average Bonchev–Trinajstić information content (AvgIpc) is 2.84. The molecule has 110 valence electrons. The first-order valence-electron chi connectivity index (χ1n) is 6.31. The monoisotopic (exact) mass is 382 g/mol. The highest BCUT2D eigenvalue weighted by Gasteiger charge is 2.11. The third-order valence-corrected chi connectivity index (χ3v) is 4.95. The number of likely N-dealkylation sites (N-methyl/N-ethyl adjacent to an activating group) is 1. The van der Waals surface area contributed by atoms with Gasteiger partial charge in [0.25, 0.3) is 0 Å². The van der Waals surface area contributed by atoms with Crippen LogP contribution < -0.4 is 5.73 Å². The molecule has 6 heteroatoms. The second-order valence-electron chi connectivity index (χ2n) is 4.72. The highest BCUT2D eigenvalue weighted by Crippen LogP contribution is 2.21. The number of benzene rings is 1. The Morgan fingerprint density at radius 2 is 2.05 bits per heavy atom. The number of carbonyl (C=O) groups is 1. The molecule has 0 radical (unpaired) electrons. The number of halogens is 1. The molecule has 0 saturated heterocycles. The van der Waals surface area contributed by atoms with Crippen LogP contribution in [-0.4, -0.2) is 22.8 Å². The Labute approximate surface area is 141 Å². The molecule has 2 aromatic rings. The lowest BCUT2D eigenvalue weighted by atomic mass is 10.1. The second kappa shape index (κ2) is 7.15. The van der Waals surface area contributed by atoms with Gasteiger partial charge in [-0.25, -0.2) is 0 Å². The average molecular weight is 383 g/mol. The van der Waals surface area contributed by atoms with Crippen molar-refractivity contribution in [1.82, 2.24) is 4.90 Å². The number of rotatable bonds is 5. The van der Waals surface area contributed by atoms with Crippen LogP contribution in [0.2, 0.25) is 0 Å². The third kappa shape index (κ3) is 4.62. The molecule has 1 aromatic carbocycles. The lowest BCUT2D eigenvalue weighted by Gasteiger charge is -2.16. The van der Waals surface area contributed by atoms with Crippen LogP contribution in [-0.2, 0) is 17.8 Å². The smallest absolute Gasteiger partial charge is 0.227 e. The third-order valence-electron chi connectivity index (χ3n) is 3.03. The Hall–Kier alpha value is -1.24. The van der Waals surface area contributed by atoms with Crippen LogP contribution in [0.4, 0.5) is 0 Å². The topological polar surface area (TPSA) is 46.3 Å². The molecule has 0 fully saturated rings. The summed E-state index contributed by atoms with van der Waals surface area (Å²) in [5.41, 5.74) is 7.33. The summed E-state index contributed by atoms with van der Waals surface area (Å²) in [6.07, 6.45) is 0.376. The predicted molar refractivity (Wildman–Crippen MR) is 94.5 cm³/mol. The highest BCUT2D eigenvalue weighted by atomic mass is 79.9. The minimum Gasteiger partial charge on any atom is -0.389 e. The van der Waals surface area contributed by atoms with Crippen LogP contribution in [0.1, 0.15) is 16.0 Å². The van der Waals surface area contributed by atoms with E-state index in [1.165, 1.54) is 0 Å². The Morgan fingerprint density at radius 1 is 1.38 bits per heavy atom. The summed E-state index contributed by atoms with van der Waals surface area (Å²) in [5, 5.41) is 2.02. The predicted octanol–water partition coefficient (Wildman–Crippen LogP) is 3.35. The Balaban J connectivity index is 1.95. The molecule has 0 bridgehead atoms. The Bertz CT molecular complexity index is 652. The summed E-state index contributed by atoms with van der Waals surface area (Å²) in [6, 6.07) is 9.51. The Morgan fingerprint density at radius 3 is 2.57 bits per heavy atom. The van der Waals surface area contributed by atoms with E-state index in [0.717, 1.165) is 20.5 Å². The van der Waals surface area contributed by atoms with Crippen LogP contribution in [0.25, 0.3) is 0 Å². The van der Waals surface area contributed by atoms with Gasteiger partial charge in [0.15, 0.2) is 0 Å². The van der Waals surface area contributed by atoms with E-state index in [1.54, 1.807) is 16.2 Å². The summed E-state index contributed by atoms with van der Waals surface area (Å²) in [7, 11) is 1.82. The van der Waals surface area contributed by atoms with Crippen molar-refractivity contribution in [2.45, 2.75) is 13.0 Å². The van der Waals surface area contributed by atoms with E-state index in [4.69, 9.17) is 18.0 Å². The number of thiocarbonyl (C=S) groups is 1. The number of nitrogens with two attached hydrogens (primary N) is 1. The van der Waals surface area contributed by atoms with Crippen molar-refractivity contribution in [2.75, 3.05) is 7.05 Å². The van der Waals surface area contributed by atoms with E-state index in [-0.39, 0.29) is 5.91 Å². The zero-order valence-electron chi connectivity index (χ0n) is 11.5. The van der Waals surface area contributed by atoms with Crippen molar-refractivity contribution >= 4 is 50.4 Å². The summed E-state index contributed by atoms with van der Waals surface area (Å²) < 4.78 is 1.05. The first-order valence-corrected chi connectivity index (χ1v) is 8.39. The molecular formula is C15H15BrN2OS2. The van der Waals surface area contributed by atoms with Crippen LogP contribution in [0.3, 0.4) is 0 Å². The van der Waals surface area contributed by atoms with E-state index in [9.17, 15) is 4.79 Å². The first kappa shape index (κ1) is 16.1. The number of carbonyl (C=O) groups excluding carboxylic acids is 1. The number of thiophene rings is 1. The maximum absolute atomic E-state index is 12.2. The maximum atomic E-state index is 12.2. The zero-order valence-corrected chi connectivity index (χ0v) is 14.7. The maximum Gasteiger partial charge on any atom is 0.227 e. The normalized spacial score (nSPS) is 10.4. The number of amides is 1. The molecular weight excluding hydrogens is 368 g/mol. The molecule has 0 aliphatic heterocycles. The molecule has 0 spiro atoms. The van der Waals surface area contributed by atoms with E-state index in [1.807, 2.05) is 42.8 Å². The molecule has 21 heavy (non-hydrogen) atoms. The summed E-state index contributed by atoms with van der Waals surface area (Å²) in [5.74, 6) is 0.0857. The summed E-state index contributed by atoms with van der Waals surface area (Å²) in [4.78, 5) is 15.5. The molecule has 0 aliphatic carbocycles. The van der Waals surface area contributed by atoms with Crippen LogP contribution in [0, 0.1) is 0 Å². The minimum atomic E-state index is 0.0857. The highest BCUT2D eigenvalue weighted by molar-refractivity contribution is 9.10. The van der Waals surface area contributed by atoms with E-state index in [0.29, 0.717) is 18.0 Å². The van der Waals surface area contributed by atoms with Crippen molar-refractivity contribution in [3.63, 3.8) is 0 Å². The zero-order chi connectivity index (χ0) is 15.4. The largest absolute Gasteiger partial charge is 0.389 e. The molecule has 2 rings (SSSR count). The molecule has 1 aromatic heterocycles. The van der Waals surface area contributed by atoms with Crippen LogP contribution >= 0.6 is 39.5 Å². The summed E-state index contributed by atoms with van der Waals surface area (Å²) >= 11 is 9.96. The molecule has 2 N–H and O–H groups in total.